The lowest BCUT2D eigenvalue weighted by atomic mass is 9.73. The lowest BCUT2D eigenvalue weighted by molar-refractivity contribution is -0.132. The third-order valence-corrected chi connectivity index (χ3v) is 4.02. The number of Topliss-reactive ketones (excluding diaryl/α,β-unsaturated/α-hetero) is 1. The molecule has 1 aromatic carbocycles. The minimum absolute atomic E-state index is 0.102. The first-order valence-electron chi connectivity index (χ1n) is 6.99. The molecule has 2 rings (SSSR count). The summed E-state index contributed by atoms with van der Waals surface area (Å²) < 4.78 is 5.22. The van der Waals surface area contributed by atoms with E-state index in [9.17, 15) is 9.90 Å². The Kier molecular flexibility index (Phi) is 4.45. The molecule has 110 valence electrons. The van der Waals surface area contributed by atoms with Gasteiger partial charge in [0.1, 0.15) is 11.5 Å². The summed E-state index contributed by atoms with van der Waals surface area (Å²) in [6.07, 6.45) is 1.41. The van der Waals surface area contributed by atoms with Crippen molar-refractivity contribution in [3.05, 3.63) is 29.8 Å². The Hall–Kier alpha value is -1.39. The minimum Gasteiger partial charge on any atom is -0.497 e. The topological polar surface area (TPSA) is 49.8 Å². The number of ketones is 1. The molecule has 0 saturated heterocycles. The Bertz CT molecular complexity index is 486. The second kappa shape index (κ2) is 5.94. The van der Waals surface area contributed by atoms with E-state index in [-0.39, 0.29) is 11.7 Å². The van der Waals surface area contributed by atoms with Gasteiger partial charge in [-0.05, 0) is 44.6 Å². The smallest absolute Gasteiger partial charge is 0.137 e. The highest BCUT2D eigenvalue weighted by molar-refractivity contribution is 5.82. The fourth-order valence-electron chi connectivity index (χ4n) is 2.94. The van der Waals surface area contributed by atoms with Crippen LogP contribution < -0.4 is 4.74 Å². The molecule has 0 radical (unpaired) electrons. The zero-order valence-electron chi connectivity index (χ0n) is 12.4. The van der Waals surface area contributed by atoms with E-state index in [0.717, 1.165) is 11.3 Å². The highest BCUT2D eigenvalue weighted by atomic mass is 16.5. The first kappa shape index (κ1) is 15.0. The first-order valence-corrected chi connectivity index (χ1v) is 6.99. The standard InChI is InChI=1S/C16H23NO3/c1-17(2)11-12-10-16(19,8-7-15(12)18)13-5-4-6-14(9-13)20-3/h4-6,9,12,19H,7-8,10-11H2,1-3H3. The predicted molar refractivity (Wildman–Crippen MR) is 77.8 cm³/mol. The lowest BCUT2D eigenvalue weighted by Crippen LogP contribution is -2.41. The molecule has 1 aromatic rings. The van der Waals surface area contributed by atoms with Crippen molar-refractivity contribution in [3.8, 4) is 5.75 Å². The molecule has 1 aliphatic carbocycles. The van der Waals surface area contributed by atoms with Crippen molar-refractivity contribution in [3.63, 3.8) is 0 Å². The van der Waals surface area contributed by atoms with Crippen molar-refractivity contribution in [2.45, 2.75) is 24.9 Å². The lowest BCUT2D eigenvalue weighted by Gasteiger charge is -2.37. The van der Waals surface area contributed by atoms with Crippen LogP contribution >= 0.6 is 0 Å². The summed E-state index contributed by atoms with van der Waals surface area (Å²) in [5, 5.41) is 10.9. The summed E-state index contributed by atoms with van der Waals surface area (Å²) in [6.45, 7) is 0.686. The minimum atomic E-state index is -0.927. The molecule has 1 N–H and O–H groups in total. The Labute approximate surface area is 120 Å². The van der Waals surface area contributed by atoms with E-state index >= 15 is 0 Å². The van der Waals surface area contributed by atoms with Crippen molar-refractivity contribution in [1.29, 1.82) is 0 Å². The number of rotatable bonds is 4. The highest BCUT2D eigenvalue weighted by Gasteiger charge is 2.40. The van der Waals surface area contributed by atoms with Gasteiger partial charge in [0, 0.05) is 18.9 Å². The van der Waals surface area contributed by atoms with Crippen LogP contribution in [0.25, 0.3) is 0 Å². The monoisotopic (exact) mass is 277 g/mol. The molecule has 1 aliphatic rings. The second-order valence-electron chi connectivity index (χ2n) is 5.89. The van der Waals surface area contributed by atoms with Gasteiger partial charge >= 0.3 is 0 Å². The zero-order chi connectivity index (χ0) is 14.8. The van der Waals surface area contributed by atoms with E-state index in [1.807, 2.05) is 43.3 Å². The largest absolute Gasteiger partial charge is 0.497 e. The maximum atomic E-state index is 12.0. The summed E-state index contributed by atoms with van der Waals surface area (Å²) in [5.41, 5.74) is -0.0866. The number of nitrogens with zero attached hydrogens (tertiary/aromatic N) is 1. The summed E-state index contributed by atoms with van der Waals surface area (Å²) in [4.78, 5) is 14.0. The number of carbonyl (C=O) groups excluding carboxylic acids is 1. The number of hydrogen-bond acceptors (Lipinski definition) is 4. The summed E-state index contributed by atoms with van der Waals surface area (Å²) >= 11 is 0. The van der Waals surface area contributed by atoms with Gasteiger partial charge in [-0.3, -0.25) is 4.79 Å². The third-order valence-electron chi connectivity index (χ3n) is 4.02. The van der Waals surface area contributed by atoms with E-state index in [2.05, 4.69) is 0 Å². The van der Waals surface area contributed by atoms with E-state index in [0.29, 0.717) is 25.8 Å². The highest BCUT2D eigenvalue weighted by Crippen LogP contribution is 2.39. The molecule has 2 unspecified atom stereocenters. The maximum absolute atomic E-state index is 12.0. The Morgan fingerprint density at radius 1 is 1.45 bits per heavy atom. The molecule has 4 heteroatoms. The normalized spacial score (nSPS) is 26.9. The molecule has 0 bridgehead atoms. The molecule has 0 aromatic heterocycles. The van der Waals surface area contributed by atoms with E-state index in [1.165, 1.54) is 0 Å². The van der Waals surface area contributed by atoms with Crippen molar-refractivity contribution in [2.75, 3.05) is 27.7 Å². The SMILES string of the molecule is COc1cccc(C2(O)CCC(=O)C(CN(C)C)C2)c1. The van der Waals surface area contributed by atoms with Crippen molar-refractivity contribution in [1.82, 2.24) is 4.90 Å². The number of ether oxygens (including phenoxy) is 1. The van der Waals surface area contributed by atoms with Gasteiger partial charge in [-0.15, -0.1) is 0 Å². The molecule has 20 heavy (non-hydrogen) atoms. The molecular weight excluding hydrogens is 254 g/mol. The molecule has 0 amide bonds. The van der Waals surface area contributed by atoms with Crippen LogP contribution in [0.1, 0.15) is 24.8 Å². The number of hydrogen-bond donors (Lipinski definition) is 1. The second-order valence-corrected chi connectivity index (χ2v) is 5.89. The van der Waals surface area contributed by atoms with Gasteiger partial charge in [0.25, 0.3) is 0 Å². The molecule has 0 spiro atoms. The zero-order valence-corrected chi connectivity index (χ0v) is 12.4. The fourth-order valence-corrected chi connectivity index (χ4v) is 2.94. The number of aliphatic hydroxyl groups is 1. The fraction of sp³-hybridized carbons (Fsp3) is 0.562. The van der Waals surface area contributed by atoms with Crippen molar-refractivity contribution < 1.29 is 14.6 Å². The average molecular weight is 277 g/mol. The molecule has 2 atom stereocenters. The summed E-state index contributed by atoms with van der Waals surface area (Å²) in [7, 11) is 5.52. The summed E-state index contributed by atoms with van der Waals surface area (Å²) in [5.74, 6) is 0.887. The van der Waals surface area contributed by atoms with Crippen LogP contribution in [-0.2, 0) is 10.4 Å². The molecule has 1 saturated carbocycles. The van der Waals surface area contributed by atoms with Crippen molar-refractivity contribution in [2.24, 2.45) is 5.92 Å². The van der Waals surface area contributed by atoms with Gasteiger partial charge in [-0.25, -0.2) is 0 Å². The van der Waals surface area contributed by atoms with Crippen LogP contribution in [0.2, 0.25) is 0 Å². The van der Waals surface area contributed by atoms with Crippen LogP contribution in [0.15, 0.2) is 24.3 Å². The summed E-state index contributed by atoms with van der Waals surface area (Å²) in [6, 6.07) is 7.51. The number of methoxy groups -OCH3 is 1. The first-order chi connectivity index (χ1) is 9.44. The number of carbonyl (C=O) groups is 1. The van der Waals surface area contributed by atoms with E-state index in [4.69, 9.17) is 4.74 Å². The predicted octanol–water partition coefficient (Wildman–Crippen LogP) is 1.81. The van der Waals surface area contributed by atoms with E-state index < -0.39 is 5.60 Å². The van der Waals surface area contributed by atoms with Crippen molar-refractivity contribution >= 4 is 5.78 Å². The molecule has 4 nitrogen and oxygen atoms in total. The van der Waals surface area contributed by atoms with Gasteiger partial charge < -0.3 is 14.7 Å². The molecule has 1 fully saturated rings. The Morgan fingerprint density at radius 2 is 2.20 bits per heavy atom. The molecule has 0 aliphatic heterocycles. The Balaban J connectivity index is 2.22. The van der Waals surface area contributed by atoms with Gasteiger partial charge in [-0.1, -0.05) is 12.1 Å². The van der Waals surface area contributed by atoms with Gasteiger partial charge in [0.05, 0.1) is 12.7 Å². The van der Waals surface area contributed by atoms with Gasteiger partial charge in [0.15, 0.2) is 0 Å². The van der Waals surface area contributed by atoms with Crippen LogP contribution in [0.5, 0.6) is 5.75 Å². The quantitative estimate of drug-likeness (QED) is 0.912. The molecule has 0 heterocycles. The average Bonchev–Trinajstić information content (AvgIpc) is 2.42. The van der Waals surface area contributed by atoms with Crippen LogP contribution in [0.3, 0.4) is 0 Å². The van der Waals surface area contributed by atoms with E-state index in [1.54, 1.807) is 7.11 Å². The Morgan fingerprint density at radius 3 is 2.85 bits per heavy atom. The van der Waals surface area contributed by atoms with Gasteiger partial charge in [-0.2, -0.15) is 0 Å². The van der Waals surface area contributed by atoms with Gasteiger partial charge in [0.2, 0.25) is 0 Å². The van der Waals surface area contributed by atoms with Crippen LogP contribution in [0, 0.1) is 5.92 Å². The molecular formula is C16H23NO3. The third kappa shape index (κ3) is 3.19. The number of benzene rings is 1. The maximum Gasteiger partial charge on any atom is 0.137 e. The van der Waals surface area contributed by atoms with Crippen LogP contribution in [-0.4, -0.2) is 43.5 Å². The van der Waals surface area contributed by atoms with Crippen LogP contribution in [0.4, 0.5) is 0 Å².